The Morgan fingerprint density at radius 1 is 1.33 bits per heavy atom. The van der Waals surface area contributed by atoms with Gasteiger partial charge in [-0.1, -0.05) is 12.1 Å². The summed E-state index contributed by atoms with van der Waals surface area (Å²) in [7, 11) is -3.55. The van der Waals surface area contributed by atoms with Crippen LogP contribution >= 0.6 is 0 Å². The van der Waals surface area contributed by atoms with Crippen molar-refractivity contribution in [2.24, 2.45) is 11.7 Å². The summed E-state index contributed by atoms with van der Waals surface area (Å²) in [6.45, 7) is 3.99. The van der Waals surface area contributed by atoms with Gasteiger partial charge in [0.05, 0.1) is 12.3 Å². The monoisotopic (exact) mass is 313 g/mol. The lowest BCUT2D eigenvalue weighted by Gasteiger charge is -2.30. The van der Waals surface area contributed by atoms with Crippen molar-refractivity contribution in [1.29, 1.82) is 0 Å². The van der Waals surface area contributed by atoms with Gasteiger partial charge in [0, 0.05) is 13.1 Å². The molecule has 0 aromatic heterocycles. The van der Waals surface area contributed by atoms with E-state index in [1.54, 1.807) is 18.2 Å². The predicted molar refractivity (Wildman–Crippen MR) is 83.5 cm³/mol. The third kappa shape index (κ3) is 4.09. The SMILES string of the molecule is CCOc1ccccc1NS(=O)(=O)N1CCC(CN)CC1. The van der Waals surface area contributed by atoms with E-state index in [2.05, 4.69) is 4.72 Å². The number of anilines is 1. The number of para-hydroxylation sites is 2. The van der Waals surface area contributed by atoms with Crippen molar-refractivity contribution >= 4 is 15.9 Å². The number of hydrogen-bond donors (Lipinski definition) is 2. The predicted octanol–water partition coefficient (Wildman–Crippen LogP) is 1.41. The molecule has 2 rings (SSSR count). The fourth-order valence-corrected chi connectivity index (χ4v) is 3.69. The average molecular weight is 313 g/mol. The molecule has 0 unspecified atom stereocenters. The first-order valence-electron chi connectivity index (χ1n) is 7.26. The van der Waals surface area contributed by atoms with E-state index in [1.807, 2.05) is 13.0 Å². The number of benzene rings is 1. The number of nitrogens with zero attached hydrogens (tertiary/aromatic N) is 1. The molecule has 1 fully saturated rings. The summed E-state index contributed by atoms with van der Waals surface area (Å²) in [6.07, 6.45) is 1.62. The molecule has 1 aliphatic rings. The molecule has 1 aromatic carbocycles. The fraction of sp³-hybridized carbons (Fsp3) is 0.571. The zero-order chi connectivity index (χ0) is 15.3. The summed E-state index contributed by atoms with van der Waals surface area (Å²) in [5.74, 6) is 0.965. The van der Waals surface area contributed by atoms with Crippen LogP contribution in [0, 0.1) is 5.92 Å². The minimum Gasteiger partial charge on any atom is -0.492 e. The quantitative estimate of drug-likeness (QED) is 0.831. The van der Waals surface area contributed by atoms with E-state index < -0.39 is 10.2 Å². The minimum absolute atomic E-state index is 0.423. The maximum absolute atomic E-state index is 12.4. The van der Waals surface area contributed by atoms with Gasteiger partial charge in [-0.2, -0.15) is 12.7 Å². The fourth-order valence-electron chi connectivity index (χ4n) is 2.42. The Labute approximate surface area is 126 Å². The standard InChI is InChI=1S/C14H23N3O3S/c1-2-20-14-6-4-3-5-13(14)16-21(18,19)17-9-7-12(11-15)8-10-17/h3-6,12,16H,2,7-11,15H2,1H3. The van der Waals surface area contributed by atoms with Gasteiger partial charge in [-0.15, -0.1) is 0 Å². The third-order valence-electron chi connectivity index (χ3n) is 3.67. The first kappa shape index (κ1) is 16.1. The Bertz CT molecular complexity index is 554. The molecule has 0 spiro atoms. The first-order valence-corrected chi connectivity index (χ1v) is 8.70. The van der Waals surface area contributed by atoms with Crippen molar-refractivity contribution in [2.75, 3.05) is 31.0 Å². The van der Waals surface area contributed by atoms with Crippen molar-refractivity contribution in [2.45, 2.75) is 19.8 Å². The highest BCUT2D eigenvalue weighted by atomic mass is 32.2. The Balaban J connectivity index is 2.08. The van der Waals surface area contributed by atoms with E-state index in [0.29, 0.717) is 43.6 Å². The van der Waals surface area contributed by atoms with Crippen LogP contribution in [-0.4, -0.2) is 39.0 Å². The number of nitrogens with one attached hydrogen (secondary N) is 1. The van der Waals surface area contributed by atoms with Crippen LogP contribution in [0.5, 0.6) is 5.75 Å². The van der Waals surface area contributed by atoms with Crippen LogP contribution in [0.15, 0.2) is 24.3 Å². The van der Waals surface area contributed by atoms with Gasteiger partial charge in [-0.05, 0) is 44.4 Å². The first-order chi connectivity index (χ1) is 10.1. The Kier molecular flexibility index (Phi) is 5.44. The van der Waals surface area contributed by atoms with E-state index in [9.17, 15) is 8.42 Å². The van der Waals surface area contributed by atoms with Crippen LogP contribution in [0.25, 0.3) is 0 Å². The van der Waals surface area contributed by atoms with Crippen LogP contribution in [0.2, 0.25) is 0 Å². The smallest absolute Gasteiger partial charge is 0.301 e. The average Bonchev–Trinajstić information content (AvgIpc) is 2.49. The van der Waals surface area contributed by atoms with Crippen LogP contribution in [-0.2, 0) is 10.2 Å². The molecule has 0 amide bonds. The summed E-state index contributed by atoms with van der Waals surface area (Å²) in [5.41, 5.74) is 6.11. The van der Waals surface area contributed by atoms with E-state index in [0.717, 1.165) is 12.8 Å². The molecule has 1 aromatic rings. The highest BCUT2D eigenvalue weighted by molar-refractivity contribution is 7.90. The number of nitrogens with two attached hydrogens (primary N) is 1. The number of rotatable bonds is 6. The molecule has 0 saturated carbocycles. The lowest BCUT2D eigenvalue weighted by atomic mass is 9.99. The van der Waals surface area contributed by atoms with Crippen molar-refractivity contribution in [1.82, 2.24) is 4.31 Å². The summed E-state index contributed by atoms with van der Waals surface area (Å²) in [6, 6.07) is 7.05. The van der Waals surface area contributed by atoms with Gasteiger partial charge >= 0.3 is 10.2 Å². The topological polar surface area (TPSA) is 84.7 Å². The molecule has 0 radical (unpaired) electrons. The Morgan fingerprint density at radius 3 is 2.62 bits per heavy atom. The molecule has 7 heteroatoms. The molecule has 21 heavy (non-hydrogen) atoms. The van der Waals surface area contributed by atoms with Crippen molar-refractivity contribution < 1.29 is 13.2 Å². The summed E-state index contributed by atoms with van der Waals surface area (Å²) >= 11 is 0. The second kappa shape index (κ2) is 7.11. The molecule has 6 nitrogen and oxygen atoms in total. The van der Waals surface area contributed by atoms with E-state index in [4.69, 9.17) is 10.5 Å². The van der Waals surface area contributed by atoms with Gasteiger partial charge in [0.25, 0.3) is 0 Å². The second-order valence-electron chi connectivity index (χ2n) is 5.11. The lowest BCUT2D eigenvalue weighted by molar-refractivity contribution is 0.279. The van der Waals surface area contributed by atoms with Gasteiger partial charge in [-0.25, -0.2) is 0 Å². The van der Waals surface area contributed by atoms with Crippen LogP contribution < -0.4 is 15.2 Å². The highest BCUT2D eigenvalue weighted by Gasteiger charge is 2.28. The number of ether oxygens (including phenoxy) is 1. The van der Waals surface area contributed by atoms with Gasteiger partial charge in [0.15, 0.2) is 0 Å². The van der Waals surface area contributed by atoms with Gasteiger partial charge < -0.3 is 10.5 Å². The normalized spacial score (nSPS) is 17.6. The molecule has 3 N–H and O–H groups in total. The Morgan fingerprint density at radius 2 is 2.00 bits per heavy atom. The Hall–Kier alpha value is -1.31. The molecular weight excluding hydrogens is 290 g/mol. The van der Waals surface area contributed by atoms with E-state index in [1.165, 1.54) is 4.31 Å². The van der Waals surface area contributed by atoms with Crippen LogP contribution in [0.3, 0.4) is 0 Å². The lowest BCUT2D eigenvalue weighted by Crippen LogP contribution is -2.42. The van der Waals surface area contributed by atoms with E-state index in [-0.39, 0.29) is 0 Å². The molecule has 0 aliphatic carbocycles. The molecule has 118 valence electrons. The maximum Gasteiger partial charge on any atom is 0.301 e. The van der Waals surface area contributed by atoms with Crippen LogP contribution in [0.1, 0.15) is 19.8 Å². The summed E-state index contributed by atoms with van der Waals surface area (Å²) < 4.78 is 34.4. The van der Waals surface area contributed by atoms with Gasteiger partial charge in [0.1, 0.15) is 5.75 Å². The van der Waals surface area contributed by atoms with Crippen molar-refractivity contribution in [3.63, 3.8) is 0 Å². The largest absolute Gasteiger partial charge is 0.492 e. The van der Waals surface area contributed by atoms with Gasteiger partial charge in [-0.3, -0.25) is 4.72 Å². The molecule has 1 aliphatic heterocycles. The third-order valence-corrected chi connectivity index (χ3v) is 5.20. The molecule has 0 bridgehead atoms. The molecule has 1 saturated heterocycles. The zero-order valence-electron chi connectivity index (χ0n) is 12.3. The summed E-state index contributed by atoms with van der Waals surface area (Å²) in [4.78, 5) is 0. The van der Waals surface area contributed by atoms with Gasteiger partial charge in [0.2, 0.25) is 0 Å². The summed E-state index contributed by atoms with van der Waals surface area (Å²) in [5, 5.41) is 0. The van der Waals surface area contributed by atoms with Crippen molar-refractivity contribution in [3.8, 4) is 5.75 Å². The van der Waals surface area contributed by atoms with E-state index >= 15 is 0 Å². The minimum atomic E-state index is -3.55. The number of piperidine rings is 1. The highest BCUT2D eigenvalue weighted by Crippen LogP contribution is 2.26. The number of hydrogen-bond acceptors (Lipinski definition) is 4. The molecule has 1 heterocycles. The van der Waals surface area contributed by atoms with Crippen LogP contribution in [0.4, 0.5) is 5.69 Å². The maximum atomic E-state index is 12.4. The molecular formula is C14H23N3O3S. The molecule has 0 atom stereocenters. The second-order valence-corrected chi connectivity index (χ2v) is 6.79. The zero-order valence-corrected chi connectivity index (χ0v) is 13.1. The van der Waals surface area contributed by atoms with Crippen molar-refractivity contribution in [3.05, 3.63) is 24.3 Å².